The molecule has 0 saturated carbocycles. The summed E-state index contributed by atoms with van der Waals surface area (Å²) in [4.78, 5) is 24.6. The molecule has 0 radical (unpaired) electrons. The van der Waals surface area contributed by atoms with Gasteiger partial charge in [0.25, 0.3) is 0 Å². The Balaban J connectivity index is 2.20. The maximum atomic E-state index is 11.9. The number of hydrogen-bond donors (Lipinski definition) is 2. The van der Waals surface area contributed by atoms with E-state index in [1.54, 1.807) is 6.92 Å². The lowest BCUT2D eigenvalue weighted by molar-refractivity contribution is -0.124. The first-order valence-corrected chi connectivity index (χ1v) is 7.72. The van der Waals surface area contributed by atoms with Gasteiger partial charge in [-0.15, -0.1) is 0 Å². The highest BCUT2D eigenvalue weighted by atomic mass is 16.2. The maximum absolute atomic E-state index is 11.9. The quantitative estimate of drug-likeness (QED) is 0.869. The summed E-state index contributed by atoms with van der Waals surface area (Å²) < 4.78 is 1.90. The lowest BCUT2D eigenvalue weighted by Crippen LogP contribution is -2.46. The number of amides is 3. The van der Waals surface area contributed by atoms with E-state index >= 15 is 0 Å². The van der Waals surface area contributed by atoms with E-state index < -0.39 is 18.0 Å². The number of benzene rings is 1. The van der Waals surface area contributed by atoms with Crippen molar-refractivity contribution in [2.24, 2.45) is 5.73 Å². The van der Waals surface area contributed by atoms with Crippen molar-refractivity contribution in [1.82, 2.24) is 20.0 Å². The van der Waals surface area contributed by atoms with Gasteiger partial charge in [-0.1, -0.05) is 18.2 Å². The Bertz CT molecular complexity index is 739. The molecule has 0 unspecified atom stereocenters. The minimum Gasteiger partial charge on any atom is -0.351 e. The van der Waals surface area contributed by atoms with Crippen molar-refractivity contribution in [3.63, 3.8) is 0 Å². The zero-order chi connectivity index (χ0) is 17.9. The van der Waals surface area contributed by atoms with E-state index in [9.17, 15) is 9.59 Å². The Morgan fingerprint density at radius 2 is 1.92 bits per heavy atom. The van der Waals surface area contributed by atoms with Crippen LogP contribution in [-0.2, 0) is 11.3 Å². The van der Waals surface area contributed by atoms with E-state index in [0.717, 1.165) is 22.6 Å². The molecule has 1 heterocycles. The zero-order valence-corrected chi connectivity index (χ0v) is 14.4. The molecule has 0 aliphatic rings. The Morgan fingerprint density at radius 3 is 2.50 bits per heavy atom. The molecule has 1 aromatic heterocycles. The van der Waals surface area contributed by atoms with Gasteiger partial charge in [0.15, 0.2) is 0 Å². The summed E-state index contributed by atoms with van der Waals surface area (Å²) in [6, 6.07) is 8.55. The van der Waals surface area contributed by atoms with Crippen LogP contribution in [-0.4, -0.2) is 39.7 Å². The predicted molar refractivity (Wildman–Crippen MR) is 91.7 cm³/mol. The number of nitrogens with one attached hydrogen (secondary N) is 1. The van der Waals surface area contributed by atoms with E-state index in [0.29, 0.717) is 6.54 Å². The van der Waals surface area contributed by atoms with Crippen LogP contribution in [0.1, 0.15) is 23.9 Å². The molecule has 0 fully saturated rings. The van der Waals surface area contributed by atoms with Gasteiger partial charge in [-0.05, 0) is 40.0 Å². The molecule has 0 saturated heterocycles. The van der Waals surface area contributed by atoms with E-state index in [1.165, 1.54) is 0 Å². The number of hydrogen-bond acceptors (Lipinski definition) is 4. The molecular formula is C17H23N5O2. The second-order valence-electron chi connectivity index (χ2n) is 5.84. The van der Waals surface area contributed by atoms with Crippen molar-refractivity contribution in [1.29, 1.82) is 0 Å². The number of aromatic nitrogens is 2. The number of nitrogens with two attached hydrogens (primary N) is 1. The van der Waals surface area contributed by atoms with Crippen molar-refractivity contribution in [2.45, 2.75) is 33.4 Å². The molecule has 0 spiro atoms. The van der Waals surface area contributed by atoms with Gasteiger partial charge in [0.1, 0.15) is 0 Å². The number of nitrogens with zero attached hydrogens (tertiary/aromatic N) is 3. The summed E-state index contributed by atoms with van der Waals surface area (Å²) in [6.45, 7) is 6.22. The number of imide groups is 1. The molecule has 2 aromatic rings. The lowest BCUT2D eigenvalue weighted by atomic mass is 10.1. The third-order valence-corrected chi connectivity index (χ3v) is 4.14. The fourth-order valence-corrected chi connectivity index (χ4v) is 2.54. The molecule has 24 heavy (non-hydrogen) atoms. The van der Waals surface area contributed by atoms with Gasteiger partial charge in [-0.2, -0.15) is 5.10 Å². The zero-order valence-electron chi connectivity index (χ0n) is 14.4. The first kappa shape index (κ1) is 17.7. The fourth-order valence-electron chi connectivity index (χ4n) is 2.54. The van der Waals surface area contributed by atoms with Crippen LogP contribution in [0.3, 0.4) is 0 Å². The van der Waals surface area contributed by atoms with Crippen LogP contribution in [0.15, 0.2) is 30.3 Å². The molecule has 3 amide bonds. The van der Waals surface area contributed by atoms with Crippen LogP contribution in [0.2, 0.25) is 0 Å². The highest BCUT2D eigenvalue weighted by molar-refractivity contribution is 5.96. The second-order valence-corrected chi connectivity index (χ2v) is 5.84. The molecule has 0 aliphatic carbocycles. The third kappa shape index (κ3) is 3.80. The molecular weight excluding hydrogens is 306 g/mol. The van der Waals surface area contributed by atoms with Crippen molar-refractivity contribution in [2.75, 3.05) is 7.05 Å². The second kappa shape index (κ2) is 7.27. The predicted octanol–water partition coefficient (Wildman–Crippen LogP) is 1.50. The van der Waals surface area contributed by atoms with Crippen molar-refractivity contribution in [3.05, 3.63) is 47.3 Å². The Labute approximate surface area is 141 Å². The number of likely N-dealkylation sites (N-methyl/N-ethyl adjacent to an activating group) is 1. The van der Waals surface area contributed by atoms with Gasteiger partial charge in [0.2, 0.25) is 5.91 Å². The van der Waals surface area contributed by atoms with Crippen molar-refractivity contribution >= 4 is 11.9 Å². The number of primary amides is 1. The summed E-state index contributed by atoms with van der Waals surface area (Å²) in [5.41, 5.74) is 8.97. The molecule has 2 rings (SSSR count). The first-order valence-electron chi connectivity index (χ1n) is 7.72. The Hall–Kier alpha value is -2.67. The molecule has 1 aromatic carbocycles. The number of aryl methyl sites for hydroxylation is 1. The normalized spacial score (nSPS) is 12.2. The van der Waals surface area contributed by atoms with E-state index in [4.69, 9.17) is 5.73 Å². The highest BCUT2D eigenvalue weighted by Gasteiger charge is 2.22. The summed E-state index contributed by atoms with van der Waals surface area (Å²) in [5.74, 6) is -0.421. The Morgan fingerprint density at radius 1 is 1.29 bits per heavy atom. The van der Waals surface area contributed by atoms with Gasteiger partial charge < -0.3 is 5.73 Å². The third-order valence-electron chi connectivity index (χ3n) is 4.14. The van der Waals surface area contributed by atoms with Crippen LogP contribution in [0.4, 0.5) is 4.79 Å². The molecule has 1 atom stereocenters. The number of carbonyl (C=O) groups is 2. The van der Waals surface area contributed by atoms with E-state index in [-0.39, 0.29) is 0 Å². The lowest BCUT2D eigenvalue weighted by Gasteiger charge is -2.23. The van der Waals surface area contributed by atoms with E-state index in [2.05, 4.69) is 10.4 Å². The first-order chi connectivity index (χ1) is 11.3. The SMILES string of the molecule is Cc1nn(-c2ccccc2)c(C)c1CN(C)[C@H](C)C(=O)NC(N)=O. The molecule has 7 heteroatoms. The smallest absolute Gasteiger partial charge is 0.318 e. The van der Waals surface area contributed by atoms with Crippen LogP contribution in [0.5, 0.6) is 0 Å². The van der Waals surface area contributed by atoms with Gasteiger partial charge in [-0.3, -0.25) is 15.0 Å². The summed E-state index contributed by atoms with van der Waals surface area (Å²) in [6.07, 6.45) is 0. The van der Waals surface area contributed by atoms with Gasteiger partial charge in [-0.25, -0.2) is 9.48 Å². The summed E-state index contributed by atoms with van der Waals surface area (Å²) in [5, 5.41) is 6.71. The molecule has 0 bridgehead atoms. The van der Waals surface area contributed by atoms with Crippen LogP contribution < -0.4 is 11.1 Å². The van der Waals surface area contributed by atoms with Crippen LogP contribution in [0, 0.1) is 13.8 Å². The minimum absolute atomic E-state index is 0.421. The average molecular weight is 329 g/mol. The number of carbonyl (C=O) groups excluding carboxylic acids is 2. The van der Waals surface area contributed by atoms with E-state index in [1.807, 2.05) is 60.8 Å². The topological polar surface area (TPSA) is 93.2 Å². The highest BCUT2D eigenvalue weighted by Crippen LogP contribution is 2.19. The minimum atomic E-state index is -0.843. The number of para-hydroxylation sites is 1. The number of rotatable bonds is 5. The standard InChI is InChI=1S/C17H23N5O2/c1-11-15(10-21(4)13(3)16(23)19-17(18)24)12(2)22(20-11)14-8-6-5-7-9-14/h5-9,13H,10H2,1-4H3,(H3,18,19,23,24)/t13-/m1/s1. The molecule has 7 nitrogen and oxygen atoms in total. The van der Waals surface area contributed by atoms with Crippen LogP contribution in [0.25, 0.3) is 5.69 Å². The van der Waals surface area contributed by atoms with Gasteiger partial charge in [0, 0.05) is 17.8 Å². The molecule has 128 valence electrons. The van der Waals surface area contributed by atoms with Crippen LogP contribution >= 0.6 is 0 Å². The average Bonchev–Trinajstić information content (AvgIpc) is 2.82. The van der Waals surface area contributed by atoms with Gasteiger partial charge >= 0.3 is 6.03 Å². The van der Waals surface area contributed by atoms with Crippen molar-refractivity contribution in [3.8, 4) is 5.69 Å². The maximum Gasteiger partial charge on any atom is 0.318 e. The summed E-state index contributed by atoms with van der Waals surface area (Å²) in [7, 11) is 1.82. The summed E-state index contributed by atoms with van der Waals surface area (Å²) >= 11 is 0. The van der Waals surface area contributed by atoms with Gasteiger partial charge in [0.05, 0.1) is 17.4 Å². The Kier molecular flexibility index (Phi) is 5.35. The molecule has 0 aliphatic heterocycles. The van der Waals surface area contributed by atoms with Crippen molar-refractivity contribution < 1.29 is 9.59 Å². The number of urea groups is 1. The molecule has 3 N–H and O–H groups in total. The monoisotopic (exact) mass is 329 g/mol. The fraction of sp³-hybridized carbons (Fsp3) is 0.353. The largest absolute Gasteiger partial charge is 0.351 e.